The molecule has 2 rings (SSSR count). The van der Waals surface area contributed by atoms with Gasteiger partial charge in [-0.1, -0.05) is 10.4 Å². The Bertz CT molecular complexity index is 819. The van der Waals surface area contributed by atoms with Crippen molar-refractivity contribution in [2.45, 2.75) is 10.8 Å². The summed E-state index contributed by atoms with van der Waals surface area (Å²) in [5.41, 5.74) is 0.575. The maximum absolute atomic E-state index is 11.3. The van der Waals surface area contributed by atoms with Crippen LogP contribution in [0.4, 0.5) is 10.7 Å². The van der Waals surface area contributed by atoms with Crippen molar-refractivity contribution in [3.05, 3.63) is 36.2 Å². The lowest BCUT2D eigenvalue weighted by Gasteiger charge is -2.06. The van der Waals surface area contributed by atoms with E-state index < -0.39 is 16.5 Å². The molecule has 120 valence electrons. The molecule has 0 aliphatic heterocycles. The number of aromatic nitrogens is 3. The van der Waals surface area contributed by atoms with Crippen LogP contribution in [0.5, 0.6) is 5.88 Å². The second kappa shape index (κ2) is 8.19. The van der Waals surface area contributed by atoms with Crippen LogP contribution in [0.1, 0.15) is 5.69 Å². The minimum absolute atomic E-state index is 0.0971. The molecule has 2 aromatic heterocycles. The fourth-order valence-corrected chi connectivity index (χ4v) is 2.41. The lowest BCUT2D eigenvalue weighted by Crippen LogP contribution is -2.10. The summed E-state index contributed by atoms with van der Waals surface area (Å²) in [6.45, 7) is 0. The van der Waals surface area contributed by atoms with Gasteiger partial charge in [0.25, 0.3) is 0 Å². The molecule has 2 aromatic rings. The largest absolute Gasteiger partial charge is 0.481 e. The number of nitrogens with zero attached hydrogens (tertiary/aromatic N) is 4. The fourth-order valence-electron chi connectivity index (χ4n) is 1.47. The molecule has 0 aromatic carbocycles. The van der Waals surface area contributed by atoms with Crippen LogP contribution < -0.4 is 10.1 Å². The molecule has 2 amide bonds. The highest BCUT2D eigenvalue weighted by atomic mass is 32.2. The number of carbonyl (C=O) groups is 1. The van der Waals surface area contributed by atoms with Crippen molar-refractivity contribution in [2.24, 2.45) is 4.36 Å². The van der Waals surface area contributed by atoms with Crippen LogP contribution in [0.2, 0.25) is 0 Å². The van der Waals surface area contributed by atoms with Crippen LogP contribution in [-0.4, -0.2) is 36.5 Å². The smallest absolute Gasteiger partial charge is 0.362 e. The van der Waals surface area contributed by atoms with Crippen LogP contribution >= 0.6 is 11.8 Å². The summed E-state index contributed by atoms with van der Waals surface area (Å²) >= 11 is 1.44. The van der Waals surface area contributed by atoms with E-state index in [1.165, 1.54) is 18.9 Å². The van der Waals surface area contributed by atoms with Crippen molar-refractivity contribution in [2.75, 3.05) is 12.4 Å². The zero-order valence-electron chi connectivity index (χ0n) is 11.8. The maximum Gasteiger partial charge on any atom is 0.362 e. The second-order valence-electron chi connectivity index (χ2n) is 3.92. The quantitative estimate of drug-likeness (QED) is 0.807. The first-order valence-electron chi connectivity index (χ1n) is 6.14. The van der Waals surface area contributed by atoms with Crippen molar-refractivity contribution in [3.63, 3.8) is 0 Å². The molecular weight excluding hydrogens is 342 g/mol. The molecule has 0 radical (unpaired) electrons. The van der Waals surface area contributed by atoms with E-state index in [2.05, 4.69) is 24.6 Å². The highest BCUT2D eigenvalue weighted by Gasteiger charge is 2.09. The average molecular weight is 353 g/mol. The van der Waals surface area contributed by atoms with Gasteiger partial charge >= 0.3 is 16.5 Å². The molecule has 0 aliphatic rings. The van der Waals surface area contributed by atoms with E-state index in [1.807, 2.05) is 18.2 Å². The lowest BCUT2D eigenvalue weighted by atomic mass is 10.4. The second-order valence-corrected chi connectivity index (χ2v) is 5.53. The van der Waals surface area contributed by atoms with E-state index in [0.29, 0.717) is 11.4 Å². The molecule has 0 saturated heterocycles. The minimum Gasteiger partial charge on any atom is -0.481 e. The van der Waals surface area contributed by atoms with E-state index >= 15 is 0 Å². The van der Waals surface area contributed by atoms with Crippen LogP contribution in [0.15, 0.2) is 39.9 Å². The molecule has 0 fully saturated rings. The number of hydrogen-bond donors (Lipinski definition) is 1. The van der Waals surface area contributed by atoms with Crippen LogP contribution in [0.3, 0.4) is 0 Å². The number of methoxy groups -OCH3 is 1. The third-order valence-corrected chi connectivity index (χ3v) is 3.64. The zero-order valence-corrected chi connectivity index (χ0v) is 13.5. The number of carbonyl (C=O) groups excluding carboxylic acids is 1. The summed E-state index contributed by atoms with van der Waals surface area (Å²) in [4.78, 5) is 23.5. The number of amides is 2. The molecule has 0 saturated carbocycles. The molecule has 11 heteroatoms. The molecule has 0 atom stereocenters. The molecule has 9 nitrogen and oxygen atoms in total. The first kappa shape index (κ1) is 16.8. The number of anilines is 1. The van der Waals surface area contributed by atoms with Gasteiger partial charge in [0.1, 0.15) is 0 Å². The van der Waals surface area contributed by atoms with Gasteiger partial charge in [0.2, 0.25) is 11.8 Å². The fraction of sp³-hybridized carbons (Fsp3) is 0.167. The van der Waals surface area contributed by atoms with Crippen molar-refractivity contribution in [3.8, 4) is 5.88 Å². The van der Waals surface area contributed by atoms with E-state index in [0.717, 1.165) is 5.03 Å². The van der Waals surface area contributed by atoms with Gasteiger partial charge in [0.05, 0.1) is 17.8 Å². The molecule has 0 bridgehead atoms. The van der Waals surface area contributed by atoms with E-state index in [-0.39, 0.29) is 11.8 Å². The summed E-state index contributed by atoms with van der Waals surface area (Å²) in [5, 5.41) is 2.97. The molecular formula is C12H11N5O4S2. The normalized spacial score (nSPS) is 9.96. The SMILES string of the molecule is COc1cc(CSc2ccccn2)nc(NC(=O)N=S(=O)=O)n1. The van der Waals surface area contributed by atoms with E-state index in [4.69, 9.17) is 4.74 Å². The number of pyridine rings is 1. The lowest BCUT2D eigenvalue weighted by molar-refractivity contribution is 0.259. The van der Waals surface area contributed by atoms with Gasteiger partial charge in [-0.3, -0.25) is 5.32 Å². The number of rotatable bonds is 5. The molecule has 1 N–H and O–H groups in total. The predicted octanol–water partition coefficient (Wildman–Crippen LogP) is 1.77. The summed E-state index contributed by atoms with van der Waals surface area (Å²) < 4.78 is 28.5. The Kier molecular flexibility index (Phi) is 6.00. The molecule has 23 heavy (non-hydrogen) atoms. The topological polar surface area (TPSA) is 124 Å². The van der Waals surface area contributed by atoms with Crippen LogP contribution in [-0.2, 0) is 16.3 Å². The Morgan fingerprint density at radius 2 is 2.22 bits per heavy atom. The summed E-state index contributed by atoms with van der Waals surface area (Å²) in [5.74, 6) is 0.596. The van der Waals surface area contributed by atoms with Gasteiger partial charge in [-0.05, 0) is 12.1 Å². The van der Waals surface area contributed by atoms with Crippen molar-refractivity contribution in [1.29, 1.82) is 0 Å². The predicted molar refractivity (Wildman–Crippen MR) is 82.7 cm³/mol. The Morgan fingerprint density at radius 3 is 2.87 bits per heavy atom. The van der Waals surface area contributed by atoms with Crippen molar-refractivity contribution < 1.29 is 17.9 Å². The number of nitrogens with one attached hydrogen (secondary N) is 1. The molecule has 0 aliphatic carbocycles. The third-order valence-electron chi connectivity index (χ3n) is 2.35. The Morgan fingerprint density at radius 1 is 1.39 bits per heavy atom. The average Bonchev–Trinajstić information content (AvgIpc) is 2.52. The monoisotopic (exact) mass is 353 g/mol. The Labute approximate surface area is 137 Å². The molecule has 2 heterocycles. The molecule has 0 unspecified atom stereocenters. The Balaban J connectivity index is 2.15. The van der Waals surface area contributed by atoms with Gasteiger partial charge in [0, 0.05) is 18.0 Å². The van der Waals surface area contributed by atoms with Crippen LogP contribution in [0, 0.1) is 0 Å². The maximum atomic E-state index is 11.3. The van der Waals surface area contributed by atoms with Gasteiger partial charge in [-0.2, -0.15) is 13.4 Å². The third kappa shape index (κ3) is 5.64. The number of ether oxygens (including phenoxy) is 1. The number of thioether (sulfide) groups is 1. The van der Waals surface area contributed by atoms with Gasteiger partial charge in [-0.15, -0.1) is 11.8 Å². The number of urea groups is 1. The Hall–Kier alpha value is -2.53. The first-order valence-corrected chi connectivity index (χ1v) is 8.16. The minimum atomic E-state index is -2.85. The van der Waals surface area contributed by atoms with Gasteiger partial charge < -0.3 is 4.74 Å². The van der Waals surface area contributed by atoms with Gasteiger partial charge in [-0.25, -0.2) is 14.8 Å². The van der Waals surface area contributed by atoms with Crippen molar-refractivity contribution in [1.82, 2.24) is 15.0 Å². The zero-order chi connectivity index (χ0) is 16.7. The van der Waals surface area contributed by atoms with E-state index in [1.54, 1.807) is 12.3 Å². The van der Waals surface area contributed by atoms with Gasteiger partial charge in [0.15, 0.2) is 0 Å². The first-order chi connectivity index (χ1) is 11.1. The van der Waals surface area contributed by atoms with Crippen molar-refractivity contribution >= 4 is 34.2 Å². The summed E-state index contributed by atoms with van der Waals surface area (Å²) in [7, 11) is -1.43. The van der Waals surface area contributed by atoms with E-state index in [9.17, 15) is 13.2 Å². The highest BCUT2D eigenvalue weighted by Crippen LogP contribution is 2.22. The molecule has 0 spiro atoms. The number of hydrogen-bond acceptors (Lipinski definition) is 8. The summed E-state index contributed by atoms with van der Waals surface area (Å²) in [6.07, 6.45) is 1.68. The summed E-state index contributed by atoms with van der Waals surface area (Å²) in [6, 6.07) is 6.05. The highest BCUT2D eigenvalue weighted by molar-refractivity contribution is 7.98. The standard InChI is InChI=1S/C12H11N5O4S2/c1-21-9-6-8(7-22-10-4-2-3-5-13-10)14-11(15-9)16-12(18)17-23(19)20/h2-6H,7H2,1H3,(H,14,15,16,18). The van der Waals surface area contributed by atoms with Crippen LogP contribution in [0.25, 0.3) is 0 Å².